The molecule has 0 spiro atoms. The molecule has 0 fully saturated rings. The summed E-state index contributed by atoms with van der Waals surface area (Å²) in [5.74, 6) is -0.0261. The molecule has 1 amide bonds. The fourth-order valence-corrected chi connectivity index (χ4v) is 1.36. The summed E-state index contributed by atoms with van der Waals surface area (Å²) in [6, 6.07) is 3.97. The van der Waals surface area contributed by atoms with E-state index in [1.54, 1.807) is 17.3 Å². The lowest BCUT2D eigenvalue weighted by Gasteiger charge is -2.26. The maximum Gasteiger partial charge on any atom is 0.236 e. The third-order valence-corrected chi connectivity index (χ3v) is 2.22. The van der Waals surface area contributed by atoms with Crippen LogP contribution in [0.5, 0.6) is 0 Å². The van der Waals surface area contributed by atoms with Crippen LogP contribution in [0.15, 0.2) is 24.5 Å². The molecule has 0 saturated heterocycles. The van der Waals surface area contributed by atoms with Crippen LogP contribution < -0.4 is 5.73 Å². The zero-order chi connectivity index (χ0) is 11.3. The van der Waals surface area contributed by atoms with Crippen LogP contribution in [0.2, 0.25) is 0 Å². The number of nitrogens with two attached hydrogens (primary N) is 1. The Hall–Kier alpha value is -1.42. The third kappa shape index (κ3) is 3.32. The third-order valence-electron chi connectivity index (χ3n) is 2.22. The van der Waals surface area contributed by atoms with E-state index >= 15 is 0 Å². The van der Waals surface area contributed by atoms with Gasteiger partial charge >= 0.3 is 0 Å². The minimum atomic E-state index is -0.0261. The van der Waals surface area contributed by atoms with E-state index in [4.69, 9.17) is 5.73 Å². The van der Waals surface area contributed by atoms with Crippen molar-refractivity contribution in [3.63, 3.8) is 0 Å². The molecule has 4 heteroatoms. The van der Waals surface area contributed by atoms with E-state index < -0.39 is 0 Å². The molecule has 4 nitrogen and oxygen atoms in total. The van der Waals surface area contributed by atoms with Gasteiger partial charge in [-0.1, -0.05) is 0 Å². The van der Waals surface area contributed by atoms with Gasteiger partial charge in [-0.2, -0.15) is 0 Å². The van der Waals surface area contributed by atoms with Gasteiger partial charge < -0.3 is 10.6 Å². The fourth-order valence-electron chi connectivity index (χ4n) is 1.36. The van der Waals surface area contributed by atoms with Gasteiger partial charge in [0.2, 0.25) is 5.91 Å². The molecule has 0 aliphatic heterocycles. The number of rotatable bonds is 4. The zero-order valence-electron chi connectivity index (χ0n) is 9.18. The highest BCUT2D eigenvalue weighted by atomic mass is 16.2. The van der Waals surface area contributed by atoms with Gasteiger partial charge in [0.05, 0.1) is 6.54 Å². The van der Waals surface area contributed by atoms with Crippen molar-refractivity contribution in [2.24, 2.45) is 5.73 Å². The van der Waals surface area contributed by atoms with Gasteiger partial charge in [0.25, 0.3) is 0 Å². The fraction of sp³-hybridized carbons (Fsp3) is 0.455. The van der Waals surface area contributed by atoms with Gasteiger partial charge in [-0.3, -0.25) is 9.78 Å². The van der Waals surface area contributed by atoms with Crippen LogP contribution in [0.25, 0.3) is 0 Å². The molecular formula is C11H17N3O. The number of carbonyl (C=O) groups excluding carboxylic acids is 1. The summed E-state index contributed by atoms with van der Waals surface area (Å²) < 4.78 is 0. The van der Waals surface area contributed by atoms with Gasteiger partial charge in [-0.25, -0.2) is 0 Å². The van der Waals surface area contributed by atoms with Crippen LogP contribution in [0.4, 0.5) is 0 Å². The molecule has 15 heavy (non-hydrogen) atoms. The van der Waals surface area contributed by atoms with E-state index in [9.17, 15) is 4.79 Å². The lowest BCUT2D eigenvalue weighted by Crippen LogP contribution is -2.40. The van der Waals surface area contributed by atoms with Crippen molar-refractivity contribution in [1.82, 2.24) is 9.88 Å². The topological polar surface area (TPSA) is 59.2 Å². The Morgan fingerprint density at radius 3 is 2.53 bits per heavy atom. The molecule has 0 aliphatic rings. The normalized spacial score (nSPS) is 10.4. The van der Waals surface area contributed by atoms with Crippen molar-refractivity contribution < 1.29 is 4.79 Å². The van der Waals surface area contributed by atoms with Crippen molar-refractivity contribution in [3.8, 4) is 0 Å². The molecule has 0 aromatic carbocycles. The Kier molecular flexibility index (Phi) is 4.24. The van der Waals surface area contributed by atoms with Crippen LogP contribution in [-0.4, -0.2) is 28.4 Å². The van der Waals surface area contributed by atoms with Gasteiger partial charge in [0, 0.05) is 25.0 Å². The molecular weight excluding hydrogens is 190 g/mol. The number of hydrogen-bond acceptors (Lipinski definition) is 3. The van der Waals surface area contributed by atoms with Crippen LogP contribution in [0.3, 0.4) is 0 Å². The van der Waals surface area contributed by atoms with E-state index in [2.05, 4.69) is 4.98 Å². The highest BCUT2D eigenvalue weighted by molar-refractivity contribution is 5.78. The maximum atomic E-state index is 11.5. The average Bonchev–Trinajstić information content (AvgIpc) is 2.26. The molecule has 1 heterocycles. The average molecular weight is 207 g/mol. The quantitative estimate of drug-likeness (QED) is 0.793. The maximum absolute atomic E-state index is 11.5. The number of carbonyl (C=O) groups is 1. The monoisotopic (exact) mass is 207 g/mol. The molecule has 1 rings (SSSR count). The number of pyridine rings is 1. The number of hydrogen-bond donors (Lipinski definition) is 1. The first kappa shape index (κ1) is 11.7. The summed E-state index contributed by atoms with van der Waals surface area (Å²) in [5, 5.41) is 0. The molecule has 2 N–H and O–H groups in total. The van der Waals surface area contributed by atoms with Crippen LogP contribution in [-0.2, 0) is 11.3 Å². The first-order chi connectivity index (χ1) is 7.15. The van der Waals surface area contributed by atoms with E-state index in [1.165, 1.54) is 0 Å². The van der Waals surface area contributed by atoms with Crippen LogP contribution in [0, 0.1) is 0 Å². The van der Waals surface area contributed by atoms with E-state index in [0.29, 0.717) is 6.54 Å². The Morgan fingerprint density at radius 2 is 2.07 bits per heavy atom. The predicted molar refractivity (Wildman–Crippen MR) is 59.0 cm³/mol. The first-order valence-corrected chi connectivity index (χ1v) is 5.03. The molecule has 0 aliphatic carbocycles. The van der Waals surface area contributed by atoms with Crippen molar-refractivity contribution in [2.45, 2.75) is 26.4 Å². The predicted octanol–water partition coefficient (Wildman–Crippen LogP) is 0.777. The number of amides is 1. The van der Waals surface area contributed by atoms with Gasteiger partial charge in [-0.05, 0) is 31.5 Å². The Bertz CT molecular complexity index is 311. The lowest BCUT2D eigenvalue weighted by molar-refractivity contribution is -0.132. The Morgan fingerprint density at radius 1 is 1.47 bits per heavy atom. The summed E-state index contributed by atoms with van der Waals surface area (Å²) in [4.78, 5) is 17.2. The summed E-state index contributed by atoms with van der Waals surface area (Å²) in [6.45, 7) is 4.61. The molecule has 0 saturated carbocycles. The second-order valence-corrected chi connectivity index (χ2v) is 3.67. The van der Waals surface area contributed by atoms with Crippen molar-refractivity contribution >= 4 is 5.91 Å². The highest BCUT2D eigenvalue weighted by Crippen LogP contribution is 2.07. The van der Waals surface area contributed by atoms with Crippen molar-refractivity contribution in [3.05, 3.63) is 30.1 Å². The van der Waals surface area contributed by atoms with E-state index in [0.717, 1.165) is 5.56 Å². The molecule has 82 valence electrons. The first-order valence-electron chi connectivity index (χ1n) is 5.03. The zero-order valence-corrected chi connectivity index (χ0v) is 9.18. The molecule has 1 aromatic heterocycles. The summed E-state index contributed by atoms with van der Waals surface area (Å²) in [5.41, 5.74) is 6.43. The molecule has 0 unspecified atom stereocenters. The Balaban J connectivity index is 2.72. The number of aromatic nitrogens is 1. The lowest BCUT2D eigenvalue weighted by atomic mass is 10.2. The Labute approximate surface area is 90.1 Å². The van der Waals surface area contributed by atoms with Crippen molar-refractivity contribution in [2.75, 3.05) is 6.54 Å². The van der Waals surface area contributed by atoms with Crippen LogP contribution >= 0.6 is 0 Å². The number of nitrogens with zero attached hydrogens (tertiary/aromatic N) is 2. The smallest absolute Gasteiger partial charge is 0.236 e. The molecule has 0 atom stereocenters. The second-order valence-electron chi connectivity index (χ2n) is 3.67. The van der Waals surface area contributed by atoms with Gasteiger partial charge in [-0.15, -0.1) is 0 Å². The van der Waals surface area contributed by atoms with Crippen molar-refractivity contribution in [1.29, 1.82) is 0 Å². The minimum absolute atomic E-state index is 0.0261. The van der Waals surface area contributed by atoms with Crippen LogP contribution in [0.1, 0.15) is 19.4 Å². The summed E-state index contributed by atoms with van der Waals surface area (Å²) >= 11 is 0. The second kappa shape index (κ2) is 5.46. The highest BCUT2D eigenvalue weighted by Gasteiger charge is 2.15. The summed E-state index contributed by atoms with van der Waals surface area (Å²) in [7, 11) is 0. The minimum Gasteiger partial charge on any atom is -0.335 e. The van der Waals surface area contributed by atoms with Gasteiger partial charge in [0.15, 0.2) is 0 Å². The van der Waals surface area contributed by atoms with E-state index in [1.807, 2.05) is 26.0 Å². The SMILES string of the molecule is CC(C)N(Cc1ccncc1)C(=O)CN. The molecule has 1 aromatic rings. The standard InChI is InChI=1S/C11H17N3O/c1-9(2)14(11(15)7-12)8-10-3-5-13-6-4-10/h3-6,9H,7-8,12H2,1-2H3. The largest absolute Gasteiger partial charge is 0.335 e. The van der Waals surface area contributed by atoms with E-state index in [-0.39, 0.29) is 18.5 Å². The van der Waals surface area contributed by atoms with Gasteiger partial charge in [0.1, 0.15) is 0 Å². The molecule has 0 bridgehead atoms. The summed E-state index contributed by atoms with van der Waals surface area (Å²) in [6.07, 6.45) is 3.45. The molecule has 0 radical (unpaired) electrons.